The van der Waals surface area contributed by atoms with Crippen LogP contribution < -0.4 is 10.2 Å². The van der Waals surface area contributed by atoms with Crippen molar-refractivity contribution in [3.63, 3.8) is 0 Å². The molecule has 5 rings (SSSR count). The maximum Gasteiger partial charge on any atom is 0.261 e. The zero-order valence-electron chi connectivity index (χ0n) is 18.9. The molecular weight excluding hydrogens is 486 g/mol. The molecule has 0 bridgehead atoms. The molecule has 1 aromatic carbocycles. The third-order valence-corrected chi connectivity index (χ3v) is 6.89. The number of ether oxygens (including phenoxy) is 1. The van der Waals surface area contributed by atoms with Crippen molar-refractivity contribution in [2.75, 3.05) is 24.7 Å². The Bertz CT molecular complexity index is 1390. The highest BCUT2D eigenvalue weighted by Gasteiger charge is 2.22. The molecule has 35 heavy (non-hydrogen) atoms. The molecule has 3 aromatic heterocycles. The summed E-state index contributed by atoms with van der Waals surface area (Å²) in [5, 5.41) is 2.91. The van der Waals surface area contributed by atoms with Crippen LogP contribution in [-0.4, -0.2) is 46.1 Å². The molecule has 0 unspecified atom stereocenters. The number of carbonyl (C=O) groups is 2. The minimum Gasteiger partial charge on any atom is -0.370 e. The monoisotopic (exact) mass is 507 g/mol. The normalized spacial score (nSPS) is 13.8. The Morgan fingerprint density at radius 1 is 1.20 bits per heavy atom. The van der Waals surface area contributed by atoms with Crippen LogP contribution in [-0.2, 0) is 16.1 Å². The second-order valence-corrected chi connectivity index (χ2v) is 9.73. The van der Waals surface area contributed by atoms with E-state index < -0.39 is 0 Å². The number of aryl methyl sites for hydroxylation is 1. The van der Waals surface area contributed by atoms with Gasteiger partial charge in [0.2, 0.25) is 0 Å². The molecule has 1 saturated heterocycles. The molecule has 1 N–H and O–H groups in total. The van der Waals surface area contributed by atoms with Crippen LogP contribution in [0.4, 0.5) is 5.69 Å². The number of rotatable bonds is 6. The fourth-order valence-corrected chi connectivity index (χ4v) is 4.93. The number of halogens is 1. The molecule has 1 aliphatic rings. The average molecular weight is 508 g/mol. The summed E-state index contributed by atoms with van der Waals surface area (Å²) in [5.74, 6) is 0.486. The average Bonchev–Trinajstić information content (AvgIpc) is 3.50. The van der Waals surface area contributed by atoms with Gasteiger partial charge in [-0.2, -0.15) is 0 Å². The first-order chi connectivity index (χ1) is 17.0. The van der Waals surface area contributed by atoms with Crippen LogP contribution in [0.2, 0.25) is 4.34 Å². The van der Waals surface area contributed by atoms with E-state index in [1.165, 1.54) is 11.3 Å². The molecular formula is C25H22ClN5O3S. The van der Waals surface area contributed by atoms with Crippen LogP contribution >= 0.6 is 22.9 Å². The van der Waals surface area contributed by atoms with Gasteiger partial charge in [0, 0.05) is 42.1 Å². The topological polar surface area (TPSA) is 89.3 Å². The van der Waals surface area contributed by atoms with Gasteiger partial charge in [-0.15, -0.1) is 11.3 Å². The van der Waals surface area contributed by atoms with Gasteiger partial charge >= 0.3 is 0 Å². The molecule has 0 saturated carbocycles. The first-order valence-electron chi connectivity index (χ1n) is 11.0. The predicted octanol–water partition coefficient (Wildman–Crippen LogP) is 4.25. The number of benzene rings is 1. The number of carbonyl (C=O) groups excluding carboxylic acids is 2. The lowest BCUT2D eigenvalue weighted by molar-refractivity contribution is -0.125. The number of aromatic nitrogens is 3. The van der Waals surface area contributed by atoms with Gasteiger partial charge in [0.15, 0.2) is 0 Å². The Kier molecular flexibility index (Phi) is 6.63. The van der Waals surface area contributed by atoms with E-state index in [0.29, 0.717) is 28.1 Å². The van der Waals surface area contributed by atoms with Crippen molar-refractivity contribution in [3.8, 4) is 17.1 Å². The van der Waals surface area contributed by atoms with Crippen molar-refractivity contribution < 1.29 is 14.3 Å². The molecule has 4 heterocycles. The van der Waals surface area contributed by atoms with Gasteiger partial charge in [-0.05, 0) is 55.0 Å². The van der Waals surface area contributed by atoms with Crippen LogP contribution in [0.1, 0.15) is 20.9 Å². The second kappa shape index (κ2) is 9.99. The first-order valence-corrected chi connectivity index (χ1v) is 12.2. The second-order valence-electron chi connectivity index (χ2n) is 8.02. The van der Waals surface area contributed by atoms with Crippen molar-refractivity contribution in [2.45, 2.75) is 13.5 Å². The Labute approximate surface area is 211 Å². The van der Waals surface area contributed by atoms with Crippen LogP contribution in [0.3, 0.4) is 0 Å². The number of thiophene rings is 1. The van der Waals surface area contributed by atoms with E-state index in [2.05, 4.69) is 10.3 Å². The molecule has 0 aliphatic carbocycles. The number of nitrogens with one attached hydrogen (secondary N) is 1. The Morgan fingerprint density at radius 3 is 2.74 bits per heavy atom. The van der Waals surface area contributed by atoms with Gasteiger partial charge in [-0.25, -0.2) is 4.98 Å². The van der Waals surface area contributed by atoms with Gasteiger partial charge in [0.05, 0.1) is 28.1 Å². The summed E-state index contributed by atoms with van der Waals surface area (Å²) in [4.78, 5) is 36.0. The summed E-state index contributed by atoms with van der Waals surface area (Å²) in [5.41, 5.74) is 4.34. The zero-order chi connectivity index (χ0) is 24.4. The van der Waals surface area contributed by atoms with E-state index in [-0.39, 0.29) is 25.0 Å². The Morgan fingerprint density at radius 2 is 2.03 bits per heavy atom. The highest BCUT2D eigenvalue weighted by molar-refractivity contribution is 7.18. The molecule has 1 fully saturated rings. The van der Waals surface area contributed by atoms with Crippen molar-refractivity contribution in [3.05, 3.63) is 81.5 Å². The maximum atomic E-state index is 12.5. The Hall–Kier alpha value is -3.53. The number of nitrogens with zero attached hydrogens (tertiary/aromatic N) is 4. The fourth-order valence-electron chi connectivity index (χ4n) is 3.97. The van der Waals surface area contributed by atoms with Crippen LogP contribution in [0.5, 0.6) is 0 Å². The largest absolute Gasteiger partial charge is 0.370 e. The van der Waals surface area contributed by atoms with Gasteiger partial charge in [0.1, 0.15) is 12.4 Å². The van der Waals surface area contributed by atoms with Crippen molar-refractivity contribution in [1.82, 2.24) is 19.9 Å². The molecule has 4 aromatic rings. The molecule has 0 radical (unpaired) electrons. The van der Waals surface area contributed by atoms with Gasteiger partial charge in [-0.1, -0.05) is 11.6 Å². The minimum atomic E-state index is -0.197. The molecule has 178 valence electrons. The van der Waals surface area contributed by atoms with E-state index in [1.54, 1.807) is 29.4 Å². The van der Waals surface area contributed by atoms with Crippen LogP contribution in [0, 0.1) is 6.92 Å². The molecule has 0 atom stereocenters. The van der Waals surface area contributed by atoms with Gasteiger partial charge in [-0.3, -0.25) is 19.1 Å². The lowest BCUT2D eigenvalue weighted by Gasteiger charge is -2.28. The molecule has 0 spiro atoms. The molecule has 1 aliphatic heterocycles. The first kappa shape index (κ1) is 23.2. The lowest BCUT2D eigenvalue weighted by Crippen LogP contribution is -2.42. The quantitative estimate of drug-likeness (QED) is 0.421. The van der Waals surface area contributed by atoms with E-state index in [0.717, 1.165) is 28.3 Å². The minimum absolute atomic E-state index is 0.0442. The number of morpholine rings is 1. The van der Waals surface area contributed by atoms with Crippen molar-refractivity contribution >= 4 is 40.4 Å². The van der Waals surface area contributed by atoms with Crippen LogP contribution in [0.25, 0.3) is 17.1 Å². The summed E-state index contributed by atoms with van der Waals surface area (Å²) in [6.07, 6.45) is 5.34. The van der Waals surface area contributed by atoms with Gasteiger partial charge < -0.3 is 15.0 Å². The highest BCUT2D eigenvalue weighted by Crippen LogP contribution is 2.28. The molecule has 8 nitrogen and oxygen atoms in total. The molecule has 10 heteroatoms. The van der Waals surface area contributed by atoms with E-state index >= 15 is 0 Å². The van der Waals surface area contributed by atoms with Crippen LogP contribution in [0.15, 0.2) is 61.1 Å². The van der Waals surface area contributed by atoms with Gasteiger partial charge in [0.25, 0.3) is 11.8 Å². The third kappa shape index (κ3) is 4.97. The smallest absolute Gasteiger partial charge is 0.261 e. The maximum absolute atomic E-state index is 12.5. The SMILES string of the molecule is Cc1cc(-n2cc(CNC(=O)c3ccc(Cl)s3)nc2-c2ccncc2)ccc1N1CCOCC1=O. The number of hydrogen-bond donors (Lipinski definition) is 1. The number of imidazole rings is 1. The summed E-state index contributed by atoms with van der Waals surface area (Å²) in [6, 6.07) is 13.1. The number of hydrogen-bond acceptors (Lipinski definition) is 6. The summed E-state index contributed by atoms with van der Waals surface area (Å²) >= 11 is 7.19. The van der Waals surface area contributed by atoms with Crippen molar-refractivity contribution in [1.29, 1.82) is 0 Å². The lowest BCUT2D eigenvalue weighted by atomic mass is 10.1. The highest BCUT2D eigenvalue weighted by atomic mass is 35.5. The Balaban J connectivity index is 1.45. The molecule has 2 amide bonds. The van der Waals surface area contributed by atoms with E-state index in [1.807, 2.05) is 48.0 Å². The summed E-state index contributed by atoms with van der Waals surface area (Å²) in [6.45, 7) is 3.40. The zero-order valence-corrected chi connectivity index (χ0v) is 20.5. The predicted molar refractivity (Wildman–Crippen MR) is 135 cm³/mol. The van der Waals surface area contributed by atoms with Crippen molar-refractivity contribution in [2.24, 2.45) is 0 Å². The summed E-state index contributed by atoms with van der Waals surface area (Å²) in [7, 11) is 0. The summed E-state index contributed by atoms with van der Waals surface area (Å²) < 4.78 is 7.81. The number of pyridine rings is 1. The number of amides is 2. The standard InChI is InChI=1S/C25H22ClN5O3S/c1-16-12-19(2-3-20(16)30-10-11-34-15-23(30)32)31-14-18(29-24(31)17-6-8-27-9-7-17)13-28-25(33)21-4-5-22(26)35-21/h2-9,12,14H,10-11,13,15H2,1H3,(H,28,33). The van der Waals surface area contributed by atoms with E-state index in [9.17, 15) is 9.59 Å². The fraction of sp³-hybridized carbons (Fsp3) is 0.200. The third-order valence-electron chi connectivity index (χ3n) is 5.66. The number of anilines is 1. The van der Waals surface area contributed by atoms with E-state index in [4.69, 9.17) is 21.3 Å².